The standard InChI is InChI=1S/C9H20ClN3O9P2/c10-5-7-13(12-16)8(14)11-6-3-1-2-4-9(15,23(17,18)19)24(20,21)22/h15H,1-7H2,(H,11,14)(H2,17,18,19)(H2,20,21,22). The van der Waals surface area contributed by atoms with Crippen LogP contribution in [0.4, 0.5) is 4.79 Å². The molecular formula is C9H20ClN3O9P2. The molecule has 142 valence electrons. The molecule has 0 aromatic carbocycles. The van der Waals surface area contributed by atoms with Gasteiger partial charge in [0.1, 0.15) is 0 Å². The van der Waals surface area contributed by atoms with Crippen LogP contribution in [0.2, 0.25) is 0 Å². The van der Waals surface area contributed by atoms with Gasteiger partial charge in [-0.15, -0.1) is 16.5 Å². The Morgan fingerprint density at radius 1 is 1.12 bits per heavy atom. The van der Waals surface area contributed by atoms with E-state index >= 15 is 0 Å². The van der Waals surface area contributed by atoms with E-state index in [0.29, 0.717) is 5.01 Å². The van der Waals surface area contributed by atoms with E-state index in [1.807, 2.05) is 0 Å². The van der Waals surface area contributed by atoms with Gasteiger partial charge in [-0.2, -0.15) is 5.01 Å². The average Bonchev–Trinajstić information content (AvgIpc) is 2.45. The predicted octanol–water partition coefficient (Wildman–Crippen LogP) is 0.480. The summed E-state index contributed by atoms with van der Waals surface area (Å²) in [5.74, 6) is 0.0164. The van der Waals surface area contributed by atoms with E-state index in [4.69, 9.17) is 31.2 Å². The Kier molecular flexibility index (Phi) is 9.55. The molecule has 0 bridgehead atoms. The third kappa shape index (κ3) is 6.73. The van der Waals surface area contributed by atoms with Gasteiger partial charge in [-0.3, -0.25) is 9.13 Å². The molecule has 12 nitrogen and oxygen atoms in total. The lowest BCUT2D eigenvalue weighted by Crippen LogP contribution is -2.37. The summed E-state index contributed by atoms with van der Waals surface area (Å²) >= 11 is 5.37. The molecule has 0 aliphatic rings. The quantitative estimate of drug-likeness (QED) is 0.0920. The molecule has 24 heavy (non-hydrogen) atoms. The lowest BCUT2D eigenvalue weighted by atomic mass is 10.2. The summed E-state index contributed by atoms with van der Waals surface area (Å²) in [4.78, 5) is 57.6. The fourth-order valence-corrected chi connectivity index (χ4v) is 4.09. The van der Waals surface area contributed by atoms with Gasteiger partial charge in [0.05, 0.1) is 11.8 Å². The SMILES string of the molecule is O=NN(CCCl)C(=O)NCCCCCC(O)(P(=O)(O)O)P(=O)(O)O. The van der Waals surface area contributed by atoms with Gasteiger partial charge in [-0.1, -0.05) is 6.42 Å². The molecule has 0 aromatic rings. The number of carbonyl (C=O) groups excluding carboxylic acids is 1. The number of aliphatic hydroxyl groups is 1. The van der Waals surface area contributed by atoms with Crippen molar-refractivity contribution in [2.45, 2.75) is 30.8 Å². The van der Waals surface area contributed by atoms with Gasteiger partial charge in [0.25, 0.3) is 5.08 Å². The first-order chi connectivity index (χ1) is 10.9. The summed E-state index contributed by atoms with van der Waals surface area (Å²) in [6, 6.07) is -0.771. The average molecular weight is 412 g/mol. The molecule has 15 heteroatoms. The third-order valence-corrected chi connectivity index (χ3v) is 7.07. The zero-order valence-corrected chi connectivity index (χ0v) is 15.0. The summed E-state index contributed by atoms with van der Waals surface area (Å²) in [5, 5.41) is 11.6. The van der Waals surface area contributed by atoms with Crippen molar-refractivity contribution < 1.29 is 38.6 Å². The van der Waals surface area contributed by atoms with Crippen molar-refractivity contribution in [1.29, 1.82) is 0 Å². The second kappa shape index (κ2) is 9.79. The fraction of sp³-hybridized carbons (Fsp3) is 0.889. The van der Waals surface area contributed by atoms with E-state index < -0.39 is 32.7 Å². The molecule has 2 amide bonds. The highest BCUT2D eigenvalue weighted by Crippen LogP contribution is 2.69. The molecule has 0 atom stereocenters. The van der Waals surface area contributed by atoms with Crippen LogP contribution >= 0.6 is 26.8 Å². The van der Waals surface area contributed by atoms with Gasteiger partial charge in [0.15, 0.2) is 0 Å². The Hall–Kier alpha value is -0.580. The van der Waals surface area contributed by atoms with E-state index in [2.05, 4.69) is 10.6 Å². The van der Waals surface area contributed by atoms with E-state index in [0.717, 1.165) is 0 Å². The molecule has 0 rings (SSSR count). The van der Waals surface area contributed by atoms with Crippen molar-refractivity contribution in [1.82, 2.24) is 10.3 Å². The minimum absolute atomic E-state index is 0.0164. The highest BCUT2D eigenvalue weighted by molar-refractivity contribution is 7.72. The predicted molar refractivity (Wildman–Crippen MR) is 84.1 cm³/mol. The minimum atomic E-state index is -5.45. The van der Waals surface area contributed by atoms with Crippen LogP contribution in [-0.2, 0) is 9.13 Å². The van der Waals surface area contributed by atoms with Crippen LogP contribution in [0.5, 0.6) is 0 Å². The Bertz CT molecular complexity index is 500. The zero-order chi connectivity index (χ0) is 19.0. The summed E-state index contributed by atoms with van der Waals surface area (Å²) in [6.07, 6.45) is -0.450. The maximum atomic E-state index is 11.4. The Balaban J connectivity index is 4.30. The van der Waals surface area contributed by atoms with Crippen LogP contribution in [0.15, 0.2) is 5.29 Å². The molecule has 0 saturated heterocycles. The molecule has 0 aliphatic carbocycles. The van der Waals surface area contributed by atoms with Crippen LogP contribution in [0.1, 0.15) is 25.7 Å². The number of urea groups is 1. The van der Waals surface area contributed by atoms with Gasteiger partial charge in [-0.05, 0) is 19.3 Å². The van der Waals surface area contributed by atoms with E-state index in [9.17, 15) is 23.9 Å². The van der Waals surface area contributed by atoms with Gasteiger partial charge in [-0.25, -0.2) is 4.79 Å². The summed E-state index contributed by atoms with van der Waals surface area (Å²) in [5.41, 5.74) is 0. The highest BCUT2D eigenvalue weighted by atomic mass is 35.5. The van der Waals surface area contributed by atoms with Gasteiger partial charge in [0, 0.05) is 12.4 Å². The fourth-order valence-electron chi connectivity index (χ4n) is 1.67. The molecule has 0 fully saturated rings. The second-order valence-corrected chi connectivity index (χ2v) is 9.19. The van der Waals surface area contributed by atoms with Crippen molar-refractivity contribution in [3.63, 3.8) is 0 Å². The lowest BCUT2D eigenvalue weighted by Gasteiger charge is -2.29. The number of nitrogens with one attached hydrogen (secondary N) is 1. The molecule has 0 radical (unpaired) electrons. The second-order valence-electron chi connectivity index (χ2n) is 4.80. The van der Waals surface area contributed by atoms with E-state index in [1.54, 1.807) is 0 Å². The van der Waals surface area contributed by atoms with E-state index in [1.165, 1.54) is 0 Å². The normalized spacial score (nSPS) is 12.8. The number of hydrogen-bond donors (Lipinski definition) is 6. The van der Waals surface area contributed by atoms with Gasteiger partial charge >= 0.3 is 21.2 Å². The number of halogens is 1. The topological polar surface area (TPSA) is 197 Å². The Morgan fingerprint density at radius 2 is 1.67 bits per heavy atom. The van der Waals surface area contributed by atoms with Crippen molar-refractivity contribution in [2.24, 2.45) is 5.29 Å². The maximum absolute atomic E-state index is 11.4. The van der Waals surface area contributed by atoms with Crippen LogP contribution in [0.25, 0.3) is 0 Å². The first-order valence-electron chi connectivity index (χ1n) is 6.69. The van der Waals surface area contributed by atoms with Crippen molar-refractivity contribution in [3.05, 3.63) is 4.91 Å². The Labute approximate surface area is 142 Å². The van der Waals surface area contributed by atoms with Crippen LogP contribution in [0.3, 0.4) is 0 Å². The molecule has 0 spiro atoms. The number of carbonyl (C=O) groups is 1. The third-order valence-electron chi connectivity index (χ3n) is 3.03. The molecule has 0 saturated carbocycles. The van der Waals surface area contributed by atoms with Crippen LogP contribution in [-0.4, -0.2) is 59.8 Å². The first kappa shape index (κ1) is 23.4. The van der Waals surface area contributed by atoms with Crippen molar-refractivity contribution >= 4 is 32.8 Å². The maximum Gasteiger partial charge on any atom is 0.369 e. The molecular weight excluding hydrogens is 392 g/mol. The number of alkyl halides is 1. The number of unbranched alkanes of at least 4 members (excludes halogenated alkanes) is 2. The molecule has 0 aromatic heterocycles. The monoisotopic (exact) mass is 411 g/mol. The molecule has 0 heterocycles. The number of nitrogens with zero attached hydrogens (tertiary/aromatic N) is 2. The largest absolute Gasteiger partial charge is 0.369 e. The molecule has 0 unspecified atom stereocenters. The van der Waals surface area contributed by atoms with Gasteiger partial charge in [0.2, 0.25) is 0 Å². The van der Waals surface area contributed by atoms with Crippen LogP contribution in [0, 0.1) is 4.91 Å². The number of hydrogen-bond acceptors (Lipinski definition) is 6. The minimum Gasteiger partial charge on any atom is -0.368 e. The first-order valence-corrected chi connectivity index (χ1v) is 10.4. The van der Waals surface area contributed by atoms with E-state index in [-0.39, 0.29) is 38.2 Å². The summed E-state index contributed by atoms with van der Waals surface area (Å²) < 4.78 is 22.2. The van der Waals surface area contributed by atoms with Crippen molar-refractivity contribution in [3.8, 4) is 0 Å². The summed E-state index contributed by atoms with van der Waals surface area (Å²) in [7, 11) is -10.9. The number of nitroso groups, excluding NO2 is 1. The lowest BCUT2D eigenvalue weighted by molar-refractivity contribution is 0.120. The molecule has 6 N–H and O–H groups in total. The summed E-state index contributed by atoms with van der Waals surface area (Å²) in [6.45, 7) is 0.00583. The smallest absolute Gasteiger partial charge is 0.368 e. The van der Waals surface area contributed by atoms with Crippen molar-refractivity contribution in [2.75, 3.05) is 19.0 Å². The highest BCUT2D eigenvalue weighted by Gasteiger charge is 2.58. The van der Waals surface area contributed by atoms with Crippen LogP contribution < -0.4 is 5.32 Å². The number of amides is 2. The molecule has 0 aliphatic heterocycles. The zero-order valence-electron chi connectivity index (χ0n) is 12.5. The van der Waals surface area contributed by atoms with Gasteiger partial charge < -0.3 is 30.0 Å². The number of rotatable bonds is 11. The Morgan fingerprint density at radius 3 is 2.08 bits per heavy atom.